The fourth-order valence-electron chi connectivity index (χ4n) is 2.99. The first-order valence-corrected chi connectivity index (χ1v) is 9.00. The number of thiophene rings is 1. The highest BCUT2D eigenvalue weighted by molar-refractivity contribution is 7.10. The number of hydrogen-bond donors (Lipinski definition) is 1. The molecule has 2 aliphatic rings. The van der Waals surface area contributed by atoms with E-state index < -0.39 is 0 Å². The lowest BCUT2D eigenvalue weighted by Gasteiger charge is -2.21. The molecule has 1 saturated heterocycles. The van der Waals surface area contributed by atoms with Crippen molar-refractivity contribution in [3.63, 3.8) is 0 Å². The van der Waals surface area contributed by atoms with E-state index in [9.17, 15) is 4.79 Å². The summed E-state index contributed by atoms with van der Waals surface area (Å²) in [5.41, 5.74) is 1.33. The normalized spacial score (nSPS) is 21.7. The zero-order chi connectivity index (χ0) is 15.8. The second-order valence-electron chi connectivity index (χ2n) is 6.36. The van der Waals surface area contributed by atoms with Crippen LogP contribution < -0.4 is 5.32 Å². The summed E-state index contributed by atoms with van der Waals surface area (Å²) in [6, 6.07) is 2.57. The number of likely N-dealkylation sites (tertiary alicyclic amines) is 1. The number of aromatic nitrogens is 2. The molecule has 0 aromatic carbocycles. The first-order chi connectivity index (χ1) is 11.2. The molecule has 1 aliphatic carbocycles. The highest BCUT2D eigenvalue weighted by atomic mass is 32.1. The minimum atomic E-state index is -0.221. The zero-order valence-corrected chi connectivity index (χ0v) is 13.9. The van der Waals surface area contributed by atoms with E-state index in [4.69, 9.17) is 4.52 Å². The SMILES string of the molecule is Cc1ccsc1CN1CCC[C@H]1c1nc(C(=O)NC2CC2)no1. The molecule has 7 heteroatoms. The van der Waals surface area contributed by atoms with Gasteiger partial charge in [-0.25, -0.2) is 0 Å². The van der Waals surface area contributed by atoms with Gasteiger partial charge in [-0.15, -0.1) is 11.3 Å². The lowest BCUT2D eigenvalue weighted by atomic mass is 10.2. The fraction of sp³-hybridized carbons (Fsp3) is 0.562. The number of hydrogen-bond acceptors (Lipinski definition) is 6. The van der Waals surface area contributed by atoms with Gasteiger partial charge >= 0.3 is 0 Å². The Morgan fingerprint density at radius 1 is 1.48 bits per heavy atom. The molecule has 1 amide bonds. The summed E-state index contributed by atoms with van der Waals surface area (Å²) in [5.74, 6) is 0.504. The Kier molecular flexibility index (Phi) is 3.90. The number of nitrogens with zero attached hydrogens (tertiary/aromatic N) is 3. The second-order valence-corrected chi connectivity index (χ2v) is 7.36. The number of amides is 1. The molecule has 0 radical (unpaired) electrons. The molecule has 1 atom stereocenters. The number of nitrogens with one attached hydrogen (secondary N) is 1. The van der Waals surface area contributed by atoms with Gasteiger partial charge in [-0.2, -0.15) is 4.98 Å². The number of carbonyl (C=O) groups is 1. The third-order valence-corrected chi connectivity index (χ3v) is 5.53. The highest BCUT2D eigenvalue weighted by Gasteiger charge is 2.32. The molecular formula is C16H20N4O2S. The third kappa shape index (κ3) is 3.16. The molecule has 1 aliphatic heterocycles. The topological polar surface area (TPSA) is 71.3 Å². The lowest BCUT2D eigenvalue weighted by Crippen LogP contribution is -2.26. The Morgan fingerprint density at radius 3 is 3.09 bits per heavy atom. The van der Waals surface area contributed by atoms with Gasteiger partial charge in [0.25, 0.3) is 11.7 Å². The van der Waals surface area contributed by atoms with E-state index >= 15 is 0 Å². The van der Waals surface area contributed by atoms with E-state index in [-0.39, 0.29) is 17.8 Å². The smallest absolute Gasteiger partial charge is 0.292 e. The molecule has 122 valence electrons. The maximum absolute atomic E-state index is 12.0. The Labute approximate surface area is 138 Å². The maximum Gasteiger partial charge on any atom is 0.292 e. The average molecular weight is 332 g/mol. The molecule has 0 spiro atoms. The zero-order valence-electron chi connectivity index (χ0n) is 13.1. The van der Waals surface area contributed by atoms with Crippen molar-refractivity contribution in [1.29, 1.82) is 0 Å². The van der Waals surface area contributed by atoms with Crippen LogP contribution in [-0.4, -0.2) is 33.5 Å². The van der Waals surface area contributed by atoms with Gasteiger partial charge in [0.15, 0.2) is 0 Å². The molecule has 3 heterocycles. The van der Waals surface area contributed by atoms with Crippen molar-refractivity contribution in [2.24, 2.45) is 0 Å². The average Bonchev–Trinajstić information content (AvgIpc) is 2.96. The number of aryl methyl sites for hydroxylation is 1. The van der Waals surface area contributed by atoms with Gasteiger partial charge in [0.2, 0.25) is 5.89 Å². The van der Waals surface area contributed by atoms with Crippen molar-refractivity contribution in [2.75, 3.05) is 6.54 Å². The van der Waals surface area contributed by atoms with Crippen molar-refractivity contribution in [3.8, 4) is 0 Å². The van der Waals surface area contributed by atoms with E-state index in [1.165, 1.54) is 10.4 Å². The maximum atomic E-state index is 12.0. The van der Waals surface area contributed by atoms with Gasteiger partial charge in [-0.05, 0) is 56.2 Å². The molecule has 4 rings (SSSR count). The van der Waals surface area contributed by atoms with Crippen LogP contribution in [0.1, 0.15) is 58.7 Å². The van der Waals surface area contributed by atoms with Gasteiger partial charge in [0.05, 0.1) is 6.04 Å². The number of rotatable bonds is 5. The van der Waals surface area contributed by atoms with Crippen molar-refractivity contribution in [3.05, 3.63) is 33.6 Å². The highest BCUT2D eigenvalue weighted by Crippen LogP contribution is 2.33. The second kappa shape index (κ2) is 6.05. The van der Waals surface area contributed by atoms with Gasteiger partial charge in [0, 0.05) is 17.5 Å². The molecule has 0 unspecified atom stereocenters. The van der Waals surface area contributed by atoms with Crippen LogP contribution in [0.15, 0.2) is 16.0 Å². The van der Waals surface area contributed by atoms with Gasteiger partial charge in [-0.3, -0.25) is 9.69 Å². The Bertz CT molecular complexity index is 707. The monoisotopic (exact) mass is 332 g/mol. The molecule has 2 aromatic heterocycles. The van der Waals surface area contributed by atoms with Gasteiger partial charge in [-0.1, -0.05) is 5.16 Å². The van der Waals surface area contributed by atoms with Crippen LogP contribution in [0.2, 0.25) is 0 Å². The quantitative estimate of drug-likeness (QED) is 0.911. The van der Waals surface area contributed by atoms with Crippen LogP contribution in [0.5, 0.6) is 0 Å². The van der Waals surface area contributed by atoms with Crippen LogP contribution in [0, 0.1) is 6.92 Å². The molecule has 2 aromatic rings. The van der Waals surface area contributed by atoms with E-state index in [1.807, 2.05) is 0 Å². The Hall–Kier alpha value is -1.73. The van der Waals surface area contributed by atoms with Gasteiger partial charge < -0.3 is 9.84 Å². The molecule has 6 nitrogen and oxygen atoms in total. The van der Waals surface area contributed by atoms with Crippen molar-refractivity contribution in [2.45, 2.75) is 51.2 Å². The molecular weight excluding hydrogens is 312 g/mol. The first kappa shape index (κ1) is 14.8. The molecule has 2 fully saturated rings. The van der Waals surface area contributed by atoms with E-state index in [0.717, 1.165) is 38.8 Å². The van der Waals surface area contributed by atoms with Crippen molar-refractivity contribution >= 4 is 17.2 Å². The molecule has 1 saturated carbocycles. The fourth-order valence-corrected chi connectivity index (χ4v) is 3.92. The Balaban J connectivity index is 1.46. The Morgan fingerprint density at radius 2 is 2.35 bits per heavy atom. The van der Waals surface area contributed by atoms with Crippen LogP contribution in [0.3, 0.4) is 0 Å². The van der Waals surface area contributed by atoms with E-state index in [2.05, 4.69) is 38.7 Å². The molecule has 23 heavy (non-hydrogen) atoms. The largest absolute Gasteiger partial charge is 0.346 e. The summed E-state index contributed by atoms with van der Waals surface area (Å²) >= 11 is 1.79. The van der Waals surface area contributed by atoms with Gasteiger partial charge in [0.1, 0.15) is 0 Å². The summed E-state index contributed by atoms with van der Waals surface area (Å²) in [4.78, 5) is 20.1. The lowest BCUT2D eigenvalue weighted by molar-refractivity contribution is 0.0937. The van der Waals surface area contributed by atoms with Crippen molar-refractivity contribution in [1.82, 2.24) is 20.4 Å². The van der Waals surface area contributed by atoms with Crippen LogP contribution in [-0.2, 0) is 6.54 Å². The molecule has 0 bridgehead atoms. The summed E-state index contributed by atoms with van der Waals surface area (Å²) in [6.07, 6.45) is 4.21. The van der Waals surface area contributed by atoms with Crippen LogP contribution in [0.4, 0.5) is 0 Å². The summed E-state index contributed by atoms with van der Waals surface area (Å²) in [6.45, 7) is 4.07. The minimum absolute atomic E-state index is 0.117. The van der Waals surface area contributed by atoms with Crippen LogP contribution >= 0.6 is 11.3 Å². The summed E-state index contributed by atoms with van der Waals surface area (Å²) in [5, 5.41) is 8.89. The van der Waals surface area contributed by atoms with E-state index in [0.29, 0.717) is 11.9 Å². The van der Waals surface area contributed by atoms with E-state index in [1.54, 1.807) is 11.3 Å². The third-order valence-electron chi connectivity index (χ3n) is 4.52. The van der Waals surface area contributed by atoms with Crippen LogP contribution in [0.25, 0.3) is 0 Å². The standard InChI is InChI=1S/C16H20N4O2S/c1-10-6-8-23-13(10)9-20-7-2-3-12(20)16-18-14(19-22-16)15(21)17-11-4-5-11/h6,8,11-12H,2-5,7,9H2,1H3,(H,17,21)/t12-/m0/s1. The predicted octanol–water partition coefficient (Wildman–Crippen LogP) is 2.67. The predicted molar refractivity (Wildman–Crippen MR) is 86.2 cm³/mol. The molecule has 1 N–H and O–H groups in total. The minimum Gasteiger partial charge on any atom is -0.346 e. The number of carbonyl (C=O) groups excluding carboxylic acids is 1. The summed E-state index contributed by atoms with van der Waals surface area (Å²) in [7, 11) is 0. The first-order valence-electron chi connectivity index (χ1n) is 8.12. The van der Waals surface area contributed by atoms with Crippen molar-refractivity contribution < 1.29 is 9.32 Å². The summed E-state index contributed by atoms with van der Waals surface area (Å²) < 4.78 is 5.39.